The summed E-state index contributed by atoms with van der Waals surface area (Å²) in [4.78, 5) is 10.4. The monoisotopic (exact) mass is 156 g/mol. The van der Waals surface area contributed by atoms with E-state index in [0.717, 1.165) is 32.2 Å². The highest BCUT2D eigenvalue weighted by atomic mass is 16.5. The molecule has 1 heterocycles. The summed E-state index contributed by atoms with van der Waals surface area (Å²) in [5.74, 6) is 0. The molecule has 1 rings (SSSR count). The summed E-state index contributed by atoms with van der Waals surface area (Å²) in [6.45, 7) is 0.767. The second kappa shape index (κ2) is 5.30. The molecule has 64 valence electrons. The Bertz CT molecular complexity index is 102. The number of hydrogen-bond donors (Lipinski definition) is 0. The number of ether oxygens (including phenoxy) is 1. The first kappa shape index (κ1) is 8.72. The minimum Gasteiger partial charge on any atom is -0.371 e. The van der Waals surface area contributed by atoms with Crippen molar-refractivity contribution < 1.29 is 9.53 Å². The molecule has 11 heavy (non-hydrogen) atoms. The van der Waals surface area contributed by atoms with Crippen LogP contribution in [0.25, 0.3) is 0 Å². The number of rotatable bonds is 1. The van der Waals surface area contributed by atoms with Crippen molar-refractivity contribution in [2.75, 3.05) is 6.61 Å². The van der Waals surface area contributed by atoms with Gasteiger partial charge in [-0.25, -0.2) is 0 Å². The smallest absolute Gasteiger partial charge is 0.148 e. The van der Waals surface area contributed by atoms with Gasteiger partial charge in [0.2, 0.25) is 0 Å². The highest BCUT2D eigenvalue weighted by Gasteiger charge is 2.08. The molecule has 0 aromatic rings. The highest BCUT2D eigenvalue weighted by molar-refractivity contribution is 5.55. The molecule has 1 fully saturated rings. The molecule has 0 bridgehead atoms. The minimum absolute atomic E-state index is 0.118. The molecule has 2 nitrogen and oxygen atoms in total. The van der Waals surface area contributed by atoms with Crippen LogP contribution >= 0.6 is 0 Å². The maximum absolute atomic E-state index is 10.4. The van der Waals surface area contributed by atoms with Crippen LogP contribution in [0.4, 0.5) is 0 Å². The third-order valence-electron chi connectivity index (χ3n) is 2.12. The summed E-state index contributed by atoms with van der Waals surface area (Å²) < 4.78 is 5.34. The van der Waals surface area contributed by atoms with Gasteiger partial charge in [-0.15, -0.1) is 0 Å². The Hall–Kier alpha value is -0.370. The quantitative estimate of drug-likeness (QED) is 0.542. The Kier molecular flexibility index (Phi) is 4.21. The van der Waals surface area contributed by atoms with E-state index in [-0.39, 0.29) is 6.10 Å². The van der Waals surface area contributed by atoms with E-state index in [9.17, 15) is 4.79 Å². The van der Waals surface area contributed by atoms with Crippen LogP contribution in [0, 0.1) is 0 Å². The summed E-state index contributed by atoms with van der Waals surface area (Å²) >= 11 is 0. The van der Waals surface area contributed by atoms with Gasteiger partial charge >= 0.3 is 0 Å². The molecular formula is C9H16O2. The van der Waals surface area contributed by atoms with Crippen molar-refractivity contribution >= 4 is 6.29 Å². The normalized spacial score (nSPS) is 28.2. The van der Waals surface area contributed by atoms with Gasteiger partial charge in [-0.3, -0.25) is 0 Å². The van der Waals surface area contributed by atoms with Crippen LogP contribution < -0.4 is 0 Å². The van der Waals surface area contributed by atoms with Crippen molar-refractivity contribution in [2.24, 2.45) is 0 Å². The zero-order valence-corrected chi connectivity index (χ0v) is 6.92. The fraction of sp³-hybridized carbons (Fsp3) is 0.889. The summed E-state index contributed by atoms with van der Waals surface area (Å²) in [5, 5.41) is 0. The van der Waals surface area contributed by atoms with Crippen LogP contribution in [0.15, 0.2) is 0 Å². The first-order valence-electron chi connectivity index (χ1n) is 4.50. The highest BCUT2D eigenvalue weighted by Crippen LogP contribution is 2.12. The molecule has 1 unspecified atom stereocenters. The van der Waals surface area contributed by atoms with Crippen LogP contribution in [0.2, 0.25) is 0 Å². The molecule has 0 spiro atoms. The van der Waals surface area contributed by atoms with Crippen LogP contribution in [0.3, 0.4) is 0 Å². The van der Waals surface area contributed by atoms with Gasteiger partial charge in [0.1, 0.15) is 12.4 Å². The van der Waals surface area contributed by atoms with Crippen LogP contribution in [0.1, 0.15) is 38.5 Å². The van der Waals surface area contributed by atoms with E-state index in [2.05, 4.69) is 0 Å². The number of aldehydes is 1. The molecule has 0 aromatic carbocycles. The predicted molar refractivity (Wildman–Crippen MR) is 43.5 cm³/mol. The molecule has 0 aliphatic carbocycles. The van der Waals surface area contributed by atoms with E-state index in [1.807, 2.05) is 0 Å². The molecular weight excluding hydrogens is 140 g/mol. The summed E-state index contributed by atoms with van der Waals surface area (Å²) in [5.41, 5.74) is 0. The van der Waals surface area contributed by atoms with E-state index in [1.54, 1.807) is 0 Å². The van der Waals surface area contributed by atoms with Crippen molar-refractivity contribution in [3.8, 4) is 0 Å². The largest absolute Gasteiger partial charge is 0.371 e. The van der Waals surface area contributed by atoms with Crippen molar-refractivity contribution in [1.82, 2.24) is 0 Å². The van der Waals surface area contributed by atoms with Gasteiger partial charge in [-0.2, -0.15) is 0 Å². The Morgan fingerprint density at radius 3 is 2.64 bits per heavy atom. The maximum Gasteiger partial charge on any atom is 0.148 e. The Balaban J connectivity index is 2.24. The average Bonchev–Trinajstić information content (AvgIpc) is 2.16. The molecule has 1 aliphatic rings. The number of carbonyl (C=O) groups is 1. The predicted octanol–water partition coefficient (Wildman–Crippen LogP) is 1.92. The fourth-order valence-electron chi connectivity index (χ4n) is 1.40. The molecule has 0 aromatic heterocycles. The third-order valence-corrected chi connectivity index (χ3v) is 2.12. The fourth-order valence-corrected chi connectivity index (χ4v) is 1.40. The first-order valence-corrected chi connectivity index (χ1v) is 4.50. The Morgan fingerprint density at radius 2 is 1.82 bits per heavy atom. The second-order valence-corrected chi connectivity index (χ2v) is 3.10. The summed E-state index contributed by atoms with van der Waals surface area (Å²) in [6, 6.07) is 0. The maximum atomic E-state index is 10.4. The van der Waals surface area contributed by atoms with Gasteiger partial charge in [0.05, 0.1) is 0 Å². The standard InChI is InChI=1S/C9H16O2/c10-8-9-6-4-2-1-3-5-7-11-9/h8-9H,1-7H2. The SMILES string of the molecule is O=CC1CCCCCCCO1. The zero-order valence-electron chi connectivity index (χ0n) is 6.92. The molecule has 0 N–H and O–H groups in total. The third kappa shape index (κ3) is 3.51. The van der Waals surface area contributed by atoms with E-state index in [0.29, 0.717) is 0 Å². The van der Waals surface area contributed by atoms with Gasteiger partial charge < -0.3 is 9.53 Å². The van der Waals surface area contributed by atoms with Crippen LogP contribution in [-0.2, 0) is 9.53 Å². The topological polar surface area (TPSA) is 26.3 Å². The molecule has 0 amide bonds. The minimum atomic E-state index is -0.118. The summed E-state index contributed by atoms with van der Waals surface area (Å²) in [7, 11) is 0. The van der Waals surface area contributed by atoms with Gasteiger partial charge in [0.25, 0.3) is 0 Å². The van der Waals surface area contributed by atoms with Gasteiger partial charge in [0.15, 0.2) is 0 Å². The van der Waals surface area contributed by atoms with Crippen LogP contribution in [-0.4, -0.2) is 19.0 Å². The number of carbonyl (C=O) groups excluding carboxylic acids is 1. The van der Waals surface area contributed by atoms with E-state index in [4.69, 9.17) is 4.74 Å². The van der Waals surface area contributed by atoms with Crippen molar-refractivity contribution in [1.29, 1.82) is 0 Å². The lowest BCUT2D eigenvalue weighted by molar-refractivity contribution is -0.118. The number of hydrogen-bond acceptors (Lipinski definition) is 2. The van der Waals surface area contributed by atoms with Crippen molar-refractivity contribution in [3.05, 3.63) is 0 Å². The van der Waals surface area contributed by atoms with Crippen molar-refractivity contribution in [2.45, 2.75) is 44.6 Å². The first-order chi connectivity index (χ1) is 5.43. The van der Waals surface area contributed by atoms with Gasteiger partial charge in [-0.05, 0) is 12.8 Å². The molecule has 2 heteroatoms. The second-order valence-electron chi connectivity index (χ2n) is 3.10. The van der Waals surface area contributed by atoms with E-state index < -0.39 is 0 Å². The molecule has 1 aliphatic heterocycles. The lowest BCUT2D eigenvalue weighted by atomic mass is 10.1. The zero-order chi connectivity index (χ0) is 7.94. The van der Waals surface area contributed by atoms with Crippen LogP contribution in [0.5, 0.6) is 0 Å². The Labute approximate surface area is 67.9 Å². The van der Waals surface area contributed by atoms with Gasteiger partial charge in [-0.1, -0.05) is 25.7 Å². The molecule has 1 atom stereocenters. The Morgan fingerprint density at radius 1 is 1.09 bits per heavy atom. The van der Waals surface area contributed by atoms with E-state index in [1.165, 1.54) is 19.3 Å². The molecule has 1 saturated heterocycles. The average molecular weight is 156 g/mol. The summed E-state index contributed by atoms with van der Waals surface area (Å²) in [6.07, 6.45) is 7.81. The van der Waals surface area contributed by atoms with E-state index >= 15 is 0 Å². The molecule has 0 saturated carbocycles. The van der Waals surface area contributed by atoms with Gasteiger partial charge in [0, 0.05) is 6.61 Å². The lowest BCUT2D eigenvalue weighted by Crippen LogP contribution is -2.14. The lowest BCUT2D eigenvalue weighted by Gasteiger charge is -2.08. The molecule has 0 radical (unpaired) electrons. The van der Waals surface area contributed by atoms with Crippen molar-refractivity contribution in [3.63, 3.8) is 0 Å².